The van der Waals surface area contributed by atoms with Crippen molar-refractivity contribution in [3.8, 4) is 0 Å². The Bertz CT molecular complexity index is 891. The fraction of sp³-hybridized carbons (Fsp3) is 0.188. The number of fused-ring (bicyclic) bond motifs is 1. The van der Waals surface area contributed by atoms with E-state index in [4.69, 9.17) is 0 Å². The number of carbonyl (C=O) groups is 2. The quantitative estimate of drug-likeness (QED) is 0.796. The molecule has 3 rings (SSSR count). The Morgan fingerprint density at radius 2 is 2.07 bits per heavy atom. The molecule has 11 heteroatoms. The van der Waals surface area contributed by atoms with Gasteiger partial charge in [0.25, 0.3) is 0 Å². The molecule has 2 aromatic rings. The Morgan fingerprint density at radius 1 is 1.33 bits per heavy atom. The Balaban J connectivity index is 2.06. The summed E-state index contributed by atoms with van der Waals surface area (Å²) in [6.07, 6.45) is -5.79. The molecule has 27 heavy (non-hydrogen) atoms. The average Bonchev–Trinajstić information content (AvgIpc) is 2.61. The van der Waals surface area contributed by atoms with E-state index in [1.807, 2.05) is 5.32 Å². The molecule has 1 N–H and O–H groups in total. The lowest BCUT2D eigenvalue weighted by Gasteiger charge is -2.38. The van der Waals surface area contributed by atoms with Crippen molar-refractivity contribution in [3.05, 3.63) is 54.1 Å². The number of alkyl halides is 3. The van der Waals surface area contributed by atoms with Crippen LogP contribution in [-0.4, -0.2) is 30.4 Å². The third-order valence-corrected chi connectivity index (χ3v) is 3.72. The van der Waals surface area contributed by atoms with Crippen LogP contribution in [0.15, 0.2) is 42.7 Å². The van der Waals surface area contributed by atoms with Crippen LogP contribution in [0.3, 0.4) is 0 Å². The van der Waals surface area contributed by atoms with E-state index < -0.39 is 41.2 Å². The van der Waals surface area contributed by atoms with Gasteiger partial charge >= 0.3 is 24.1 Å². The lowest BCUT2D eigenvalue weighted by atomic mass is 10.0. The predicted octanol–water partition coefficient (Wildman–Crippen LogP) is 3.77. The van der Waals surface area contributed by atoms with E-state index in [9.17, 15) is 27.2 Å². The molecule has 1 aliphatic heterocycles. The van der Waals surface area contributed by atoms with Gasteiger partial charge in [-0.1, -0.05) is 0 Å². The number of hydrogen-bond acceptors (Lipinski definition) is 5. The highest BCUT2D eigenvalue weighted by molar-refractivity contribution is 5.91. The summed E-state index contributed by atoms with van der Waals surface area (Å²) < 4.78 is 64.1. The molecule has 0 spiro atoms. The molecule has 0 radical (unpaired) electrons. The highest BCUT2D eigenvalue weighted by Gasteiger charge is 2.66. The van der Waals surface area contributed by atoms with E-state index in [1.54, 1.807) is 0 Å². The normalized spacial score (nSPS) is 18.8. The number of nitrogens with zero attached hydrogens (tertiary/aromatic N) is 2. The number of rotatable bonds is 2. The minimum absolute atomic E-state index is 0.125. The topological polar surface area (TPSA) is 80.8 Å². The number of ether oxygens (including phenoxy) is 2. The molecule has 2 heterocycles. The number of amides is 2. The van der Waals surface area contributed by atoms with Crippen LogP contribution >= 0.6 is 0 Å². The maximum atomic E-state index is 13.9. The second kappa shape index (κ2) is 6.41. The van der Waals surface area contributed by atoms with Crippen molar-refractivity contribution in [2.24, 2.45) is 0 Å². The zero-order valence-corrected chi connectivity index (χ0v) is 13.6. The van der Waals surface area contributed by atoms with Crippen molar-refractivity contribution < 1.29 is 36.6 Å². The van der Waals surface area contributed by atoms with Gasteiger partial charge in [-0.15, -0.1) is 0 Å². The smallest absolute Gasteiger partial charge is 0.393 e. The van der Waals surface area contributed by atoms with Crippen LogP contribution in [0.25, 0.3) is 0 Å². The van der Waals surface area contributed by atoms with Crippen molar-refractivity contribution in [2.45, 2.75) is 12.0 Å². The predicted molar refractivity (Wildman–Crippen MR) is 83.4 cm³/mol. The zero-order chi connectivity index (χ0) is 19.8. The molecule has 0 saturated heterocycles. The molecule has 1 aromatic heterocycles. The van der Waals surface area contributed by atoms with E-state index >= 15 is 0 Å². The summed E-state index contributed by atoms with van der Waals surface area (Å²) in [5, 5.41) is 2.01. The molecule has 7 nitrogen and oxygen atoms in total. The van der Waals surface area contributed by atoms with Gasteiger partial charge in [0, 0.05) is 13.2 Å². The third-order valence-electron chi connectivity index (χ3n) is 3.72. The fourth-order valence-electron chi connectivity index (χ4n) is 2.41. The summed E-state index contributed by atoms with van der Waals surface area (Å²) in [5.41, 5.74) is -1.18. The van der Waals surface area contributed by atoms with Gasteiger partial charge in [-0.3, -0.25) is 15.2 Å². The third kappa shape index (κ3) is 3.23. The maximum Gasteiger partial charge on any atom is 0.473 e. The molecule has 0 saturated carbocycles. The van der Waals surface area contributed by atoms with Crippen LogP contribution in [0.5, 0.6) is 0 Å². The number of halogens is 4. The number of carbonyl (C=O) groups excluding carboxylic acids is 2. The summed E-state index contributed by atoms with van der Waals surface area (Å²) in [7, 11) is 1.14. The van der Waals surface area contributed by atoms with Crippen LogP contribution in [0.2, 0.25) is 0 Å². The van der Waals surface area contributed by atoms with Gasteiger partial charge in [-0.25, -0.2) is 14.0 Å². The maximum absolute atomic E-state index is 13.9. The lowest BCUT2D eigenvalue weighted by Crippen LogP contribution is -2.54. The second-order valence-electron chi connectivity index (χ2n) is 5.46. The Labute approximate surface area is 149 Å². The van der Waals surface area contributed by atoms with Crippen LogP contribution in [0.4, 0.5) is 38.5 Å². The van der Waals surface area contributed by atoms with Gasteiger partial charge in [0.15, 0.2) is 0 Å². The molecule has 1 unspecified atom stereocenters. The largest absolute Gasteiger partial charge is 0.473 e. The fourth-order valence-corrected chi connectivity index (χ4v) is 2.41. The minimum atomic E-state index is -5.39. The summed E-state index contributed by atoms with van der Waals surface area (Å²) in [6, 6.07) is 5.07. The molecule has 1 aliphatic rings. The second-order valence-corrected chi connectivity index (χ2v) is 5.46. The lowest BCUT2D eigenvalue weighted by molar-refractivity contribution is -0.350. The van der Waals surface area contributed by atoms with Gasteiger partial charge in [0.1, 0.15) is 5.82 Å². The molecular formula is C16H11F4N3O4. The Morgan fingerprint density at radius 3 is 2.70 bits per heavy atom. The van der Waals surface area contributed by atoms with E-state index in [0.717, 1.165) is 24.1 Å². The summed E-state index contributed by atoms with van der Waals surface area (Å²) in [4.78, 5) is 28.5. The molecule has 1 atom stereocenters. The van der Waals surface area contributed by atoms with Crippen molar-refractivity contribution in [1.82, 2.24) is 4.98 Å². The van der Waals surface area contributed by atoms with E-state index in [1.165, 1.54) is 24.5 Å². The number of hydrogen-bond donors (Lipinski definition) is 1. The van der Waals surface area contributed by atoms with Crippen LogP contribution in [-0.2, 0) is 15.3 Å². The van der Waals surface area contributed by atoms with Gasteiger partial charge in [0.2, 0.25) is 0 Å². The monoisotopic (exact) mass is 385 g/mol. The zero-order valence-electron chi connectivity index (χ0n) is 13.6. The van der Waals surface area contributed by atoms with Crippen LogP contribution in [0, 0.1) is 5.82 Å². The first-order chi connectivity index (χ1) is 12.6. The Kier molecular flexibility index (Phi) is 4.38. The van der Waals surface area contributed by atoms with Crippen molar-refractivity contribution >= 4 is 23.6 Å². The first kappa shape index (κ1) is 18.4. The number of aromatic nitrogens is 1. The summed E-state index contributed by atoms with van der Waals surface area (Å²) >= 11 is 0. The van der Waals surface area contributed by atoms with E-state index in [2.05, 4.69) is 14.5 Å². The van der Waals surface area contributed by atoms with E-state index in [0.29, 0.717) is 6.07 Å². The number of anilines is 2. The van der Waals surface area contributed by atoms with Crippen molar-refractivity contribution in [3.63, 3.8) is 0 Å². The SMILES string of the molecule is CN(C(=O)OC1(C(F)(F)F)OC(=O)Nc2ccc(F)cc21)c1cccnc1. The molecule has 2 amide bonds. The molecule has 0 bridgehead atoms. The minimum Gasteiger partial charge on any atom is -0.393 e. The summed E-state index contributed by atoms with van der Waals surface area (Å²) in [6.45, 7) is 0. The molecule has 0 aliphatic carbocycles. The average molecular weight is 385 g/mol. The number of benzene rings is 1. The molecule has 142 valence electrons. The van der Waals surface area contributed by atoms with Crippen molar-refractivity contribution in [2.75, 3.05) is 17.3 Å². The highest BCUT2D eigenvalue weighted by Crippen LogP contribution is 2.48. The van der Waals surface area contributed by atoms with Gasteiger partial charge in [-0.2, -0.15) is 13.2 Å². The molecule has 1 aromatic carbocycles. The van der Waals surface area contributed by atoms with Gasteiger partial charge in [-0.05, 0) is 30.3 Å². The van der Waals surface area contributed by atoms with E-state index in [-0.39, 0.29) is 5.69 Å². The summed E-state index contributed by atoms with van der Waals surface area (Å²) in [5.74, 6) is -4.86. The van der Waals surface area contributed by atoms with Crippen LogP contribution < -0.4 is 10.2 Å². The standard InChI is InChI=1S/C16H11F4N3O4/c1-23(10-3-2-6-21-8-10)14(25)27-15(16(18,19)20)11-7-9(17)4-5-12(11)22-13(24)26-15/h2-8H,1H3,(H,22,24). The number of pyridine rings is 1. The molecule has 0 fully saturated rings. The van der Waals surface area contributed by atoms with Crippen LogP contribution in [0.1, 0.15) is 5.56 Å². The first-order valence-corrected chi connectivity index (χ1v) is 7.37. The first-order valence-electron chi connectivity index (χ1n) is 7.37. The van der Waals surface area contributed by atoms with Gasteiger partial charge < -0.3 is 9.47 Å². The number of cyclic esters (lactones) is 1. The molecular weight excluding hydrogens is 374 g/mol. The Hall–Kier alpha value is -3.37. The van der Waals surface area contributed by atoms with Gasteiger partial charge in [0.05, 0.1) is 23.1 Å². The number of nitrogens with one attached hydrogen (secondary N) is 1. The van der Waals surface area contributed by atoms with Crippen molar-refractivity contribution in [1.29, 1.82) is 0 Å². The highest BCUT2D eigenvalue weighted by atomic mass is 19.4.